The van der Waals surface area contributed by atoms with Gasteiger partial charge in [0.05, 0.1) is 11.7 Å². The lowest BCUT2D eigenvalue weighted by Gasteiger charge is -2.16. The van der Waals surface area contributed by atoms with Gasteiger partial charge in [-0.1, -0.05) is 6.07 Å². The molecule has 0 amide bonds. The van der Waals surface area contributed by atoms with Gasteiger partial charge in [-0.15, -0.1) is 0 Å². The van der Waals surface area contributed by atoms with Gasteiger partial charge in [-0.05, 0) is 25.6 Å². The van der Waals surface area contributed by atoms with E-state index in [1.807, 2.05) is 0 Å². The average Bonchev–Trinajstić information content (AvgIpc) is 2.40. The first-order chi connectivity index (χ1) is 8.72. The topological polar surface area (TPSA) is 37.8 Å². The minimum absolute atomic E-state index is 0.0579. The maximum Gasteiger partial charge on any atom is 0.129 e. The maximum atomic E-state index is 13.6. The Morgan fingerprint density at radius 2 is 1.94 bits per heavy atom. The fourth-order valence-electron chi connectivity index (χ4n) is 1.78. The Kier molecular flexibility index (Phi) is 3.94. The molecule has 3 nitrogen and oxygen atoms in total. The SMILES string of the molecule is CNC(Cc1c(F)cccc1F)c1cnccn1. The number of hydrogen-bond acceptors (Lipinski definition) is 3. The van der Waals surface area contributed by atoms with Crippen LogP contribution < -0.4 is 5.32 Å². The predicted octanol–water partition coefficient (Wildman–Crippen LogP) is 2.26. The van der Waals surface area contributed by atoms with Crippen LogP contribution in [0.5, 0.6) is 0 Å². The van der Waals surface area contributed by atoms with Crippen LogP contribution in [-0.4, -0.2) is 17.0 Å². The van der Waals surface area contributed by atoms with Crippen molar-refractivity contribution in [2.45, 2.75) is 12.5 Å². The molecule has 0 aliphatic rings. The summed E-state index contributed by atoms with van der Waals surface area (Å²) in [5, 5.41) is 2.99. The van der Waals surface area contributed by atoms with Gasteiger partial charge >= 0.3 is 0 Å². The summed E-state index contributed by atoms with van der Waals surface area (Å²) in [6, 6.07) is 3.58. The number of hydrogen-bond donors (Lipinski definition) is 1. The van der Waals surface area contributed by atoms with E-state index in [2.05, 4.69) is 15.3 Å². The normalized spacial score (nSPS) is 12.4. The number of benzene rings is 1. The summed E-state index contributed by atoms with van der Waals surface area (Å²) in [6.45, 7) is 0. The average molecular weight is 249 g/mol. The van der Waals surface area contributed by atoms with Crippen LogP contribution in [0, 0.1) is 11.6 Å². The van der Waals surface area contributed by atoms with Crippen molar-refractivity contribution >= 4 is 0 Å². The van der Waals surface area contributed by atoms with Gasteiger partial charge < -0.3 is 5.32 Å². The van der Waals surface area contributed by atoms with E-state index in [9.17, 15) is 8.78 Å². The minimum Gasteiger partial charge on any atom is -0.311 e. The number of rotatable bonds is 4. The van der Waals surface area contributed by atoms with Crippen LogP contribution >= 0.6 is 0 Å². The van der Waals surface area contributed by atoms with Gasteiger partial charge in [0.15, 0.2) is 0 Å². The molecule has 1 aromatic heterocycles. The Balaban J connectivity index is 2.26. The van der Waals surface area contributed by atoms with Crippen LogP contribution in [0.25, 0.3) is 0 Å². The summed E-state index contributed by atoms with van der Waals surface area (Å²) in [7, 11) is 1.72. The summed E-state index contributed by atoms with van der Waals surface area (Å²) >= 11 is 0. The summed E-state index contributed by atoms with van der Waals surface area (Å²) < 4.78 is 27.1. The molecule has 0 bridgehead atoms. The summed E-state index contributed by atoms with van der Waals surface area (Å²) in [4.78, 5) is 8.09. The van der Waals surface area contributed by atoms with Crippen molar-refractivity contribution in [2.24, 2.45) is 0 Å². The molecule has 94 valence electrons. The van der Waals surface area contributed by atoms with Gasteiger partial charge in [-0.25, -0.2) is 8.78 Å². The smallest absolute Gasteiger partial charge is 0.129 e. The highest BCUT2D eigenvalue weighted by atomic mass is 19.1. The molecule has 0 saturated heterocycles. The van der Waals surface area contributed by atoms with Gasteiger partial charge in [0.25, 0.3) is 0 Å². The molecule has 2 rings (SSSR count). The first kappa shape index (κ1) is 12.6. The van der Waals surface area contributed by atoms with E-state index < -0.39 is 11.6 Å². The predicted molar refractivity (Wildman–Crippen MR) is 63.9 cm³/mol. The second-order valence-electron chi connectivity index (χ2n) is 3.88. The zero-order valence-corrected chi connectivity index (χ0v) is 9.90. The van der Waals surface area contributed by atoms with Crippen molar-refractivity contribution in [3.8, 4) is 0 Å². The van der Waals surface area contributed by atoms with E-state index in [0.717, 1.165) is 0 Å². The summed E-state index contributed by atoms with van der Waals surface area (Å²) in [5.74, 6) is -1.08. The maximum absolute atomic E-state index is 13.6. The Bertz CT molecular complexity index is 497. The molecular weight excluding hydrogens is 236 g/mol. The Morgan fingerprint density at radius 1 is 1.22 bits per heavy atom. The van der Waals surface area contributed by atoms with Crippen LogP contribution in [-0.2, 0) is 6.42 Å². The molecule has 0 radical (unpaired) electrons. The lowest BCUT2D eigenvalue weighted by molar-refractivity contribution is 0.508. The molecule has 0 spiro atoms. The van der Waals surface area contributed by atoms with Gasteiger partial charge in [-0.2, -0.15) is 0 Å². The molecule has 5 heteroatoms. The molecule has 1 aromatic carbocycles. The molecule has 18 heavy (non-hydrogen) atoms. The van der Waals surface area contributed by atoms with Gasteiger partial charge in [0.1, 0.15) is 11.6 Å². The van der Waals surface area contributed by atoms with Crippen LogP contribution in [0.1, 0.15) is 17.3 Å². The number of nitrogens with one attached hydrogen (secondary N) is 1. The van der Waals surface area contributed by atoms with Crippen molar-refractivity contribution in [2.75, 3.05) is 7.05 Å². The molecule has 2 aromatic rings. The molecule has 0 fully saturated rings. The quantitative estimate of drug-likeness (QED) is 0.903. The van der Waals surface area contributed by atoms with E-state index in [1.54, 1.807) is 25.6 Å². The number of nitrogens with zero attached hydrogens (tertiary/aromatic N) is 2. The third-order valence-electron chi connectivity index (χ3n) is 2.76. The molecule has 1 atom stereocenters. The largest absolute Gasteiger partial charge is 0.311 e. The highest BCUT2D eigenvalue weighted by Crippen LogP contribution is 2.20. The second-order valence-corrected chi connectivity index (χ2v) is 3.88. The Hall–Kier alpha value is -1.88. The molecule has 1 N–H and O–H groups in total. The van der Waals surface area contributed by atoms with Crippen LogP contribution in [0.15, 0.2) is 36.8 Å². The monoisotopic (exact) mass is 249 g/mol. The van der Waals surface area contributed by atoms with Crippen molar-refractivity contribution in [1.82, 2.24) is 15.3 Å². The highest BCUT2D eigenvalue weighted by Gasteiger charge is 2.17. The first-order valence-corrected chi connectivity index (χ1v) is 5.58. The van der Waals surface area contributed by atoms with Crippen LogP contribution in [0.2, 0.25) is 0 Å². The van der Waals surface area contributed by atoms with Gasteiger partial charge in [0.2, 0.25) is 0 Å². The molecular formula is C13H13F2N3. The number of aromatic nitrogens is 2. The Morgan fingerprint density at radius 3 is 2.50 bits per heavy atom. The molecule has 0 aliphatic carbocycles. The van der Waals surface area contributed by atoms with Crippen LogP contribution in [0.4, 0.5) is 8.78 Å². The zero-order valence-electron chi connectivity index (χ0n) is 9.90. The van der Waals surface area contributed by atoms with Crippen molar-refractivity contribution in [3.05, 3.63) is 59.7 Å². The van der Waals surface area contributed by atoms with Gasteiger partial charge in [-0.3, -0.25) is 9.97 Å². The van der Waals surface area contributed by atoms with E-state index >= 15 is 0 Å². The van der Waals surface area contributed by atoms with E-state index in [1.165, 1.54) is 18.2 Å². The Labute approximate surface area is 104 Å². The second kappa shape index (κ2) is 5.64. The van der Waals surface area contributed by atoms with E-state index in [-0.39, 0.29) is 18.0 Å². The van der Waals surface area contributed by atoms with E-state index in [0.29, 0.717) is 5.69 Å². The fourth-order valence-corrected chi connectivity index (χ4v) is 1.78. The first-order valence-electron chi connectivity index (χ1n) is 5.58. The third-order valence-corrected chi connectivity index (χ3v) is 2.76. The van der Waals surface area contributed by atoms with Crippen LogP contribution in [0.3, 0.4) is 0 Å². The minimum atomic E-state index is -0.542. The molecule has 1 unspecified atom stereocenters. The van der Waals surface area contributed by atoms with E-state index in [4.69, 9.17) is 0 Å². The van der Waals surface area contributed by atoms with Crippen molar-refractivity contribution in [3.63, 3.8) is 0 Å². The summed E-state index contributed by atoms with van der Waals surface area (Å²) in [6.07, 6.45) is 4.88. The van der Waals surface area contributed by atoms with Crippen molar-refractivity contribution in [1.29, 1.82) is 0 Å². The zero-order chi connectivity index (χ0) is 13.0. The number of likely N-dealkylation sites (N-methyl/N-ethyl adjacent to an activating group) is 1. The fraction of sp³-hybridized carbons (Fsp3) is 0.231. The third kappa shape index (κ3) is 2.68. The summed E-state index contributed by atoms with van der Waals surface area (Å²) in [5.41, 5.74) is 0.713. The standard InChI is InChI=1S/C13H13F2N3/c1-16-12(13-8-17-5-6-18-13)7-9-10(14)3-2-4-11(9)15/h2-6,8,12,16H,7H2,1H3. The highest BCUT2D eigenvalue weighted by molar-refractivity contribution is 5.22. The van der Waals surface area contributed by atoms with Gasteiger partial charge in [0, 0.05) is 24.2 Å². The lowest BCUT2D eigenvalue weighted by atomic mass is 10.0. The molecule has 0 aliphatic heterocycles. The van der Waals surface area contributed by atoms with Crippen molar-refractivity contribution < 1.29 is 8.78 Å². The lowest BCUT2D eigenvalue weighted by Crippen LogP contribution is -2.21. The molecule has 0 saturated carbocycles. The molecule has 1 heterocycles. The number of halogens is 2.